The van der Waals surface area contributed by atoms with Crippen LogP contribution in [0.25, 0.3) is 0 Å². The van der Waals surface area contributed by atoms with Gasteiger partial charge in [-0.1, -0.05) is 0 Å². The van der Waals surface area contributed by atoms with Crippen molar-refractivity contribution in [1.29, 1.82) is 0 Å². The van der Waals surface area contributed by atoms with E-state index in [0.29, 0.717) is 22.9 Å². The van der Waals surface area contributed by atoms with Gasteiger partial charge in [0, 0.05) is 11.4 Å². The first kappa shape index (κ1) is 16.7. The molecule has 0 spiro atoms. The van der Waals surface area contributed by atoms with Crippen molar-refractivity contribution in [2.45, 2.75) is 4.90 Å². The topological polar surface area (TPSA) is 105 Å². The van der Waals surface area contributed by atoms with E-state index in [-0.39, 0.29) is 10.6 Å². The van der Waals surface area contributed by atoms with E-state index in [1.54, 1.807) is 48.5 Å². The first-order valence-corrected chi connectivity index (χ1v) is 8.77. The van der Waals surface area contributed by atoms with Crippen LogP contribution in [0.4, 0.5) is 11.4 Å². The standard InChI is InChI=1S/C18H16N2O4S/c19-13-1-5-15(6-2-13)23-16-9-11-18(12-10-16)25(21,22)24-17-7-3-14(20)4-8-17/h1-12H,19-20H2. The summed E-state index contributed by atoms with van der Waals surface area (Å²) in [6.07, 6.45) is 0. The van der Waals surface area contributed by atoms with Gasteiger partial charge in [0.2, 0.25) is 0 Å². The number of hydrogen-bond donors (Lipinski definition) is 2. The smallest absolute Gasteiger partial charge is 0.339 e. The Morgan fingerprint density at radius 3 is 1.48 bits per heavy atom. The number of nitrogens with two attached hydrogens (primary N) is 2. The van der Waals surface area contributed by atoms with E-state index in [4.69, 9.17) is 20.4 Å². The van der Waals surface area contributed by atoms with E-state index in [2.05, 4.69) is 0 Å². The van der Waals surface area contributed by atoms with Gasteiger partial charge in [0.15, 0.2) is 0 Å². The molecule has 4 N–H and O–H groups in total. The zero-order valence-corrected chi connectivity index (χ0v) is 13.9. The highest BCUT2D eigenvalue weighted by atomic mass is 32.2. The summed E-state index contributed by atoms with van der Waals surface area (Å²) in [6, 6.07) is 18.9. The molecule has 0 amide bonds. The fourth-order valence-electron chi connectivity index (χ4n) is 2.04. The van der Waals surface area contributed by atoms with Crippen LogP contribution in [0.3, 0.4) is 0 Å². The van der Waals surface area contributed by atoms with Gasteiger partial charge in [0.25, 0.3) is 0 Å². The van der Waals surface area contributed by atoms with Crippen LogP contribution in [0.5, 0.6) is 17.2 Å². The number of nitrogen functional groups attached to an aromatic ring is 2. The van der Waals surface area contributed by atoms with Crippen LogP contribution in [0, 0.1) is 0 Å². The molecule has 0 aliphatic carbocycles. The SMILES string of the molecule is Nc1ccc(Oc2ccc(S(=O)(=O)Oc3ccc(N)cc3)cc2)cc1. The molecule has 0 bridgehead atoms. The summed E-state index contributed by atoms with van der Waals surface area (Å²) in [5.74, 6) is 1.29. The molecule has 0 saturated heterocycles. The predicted octanol–water partition coefficient (Wildman–Crippen LogP) is 3.41. The maximum absolute atomic E-state index is 12.3. The van der Waals surface area contributed by atoms with Gasteiger partial charge < -0.3 is 20.4 Å². The van der Waals surface area contributed by atoms with Crippen molar-refractivity contribution in [2.24, 2.45) is 0 Å². The second-order valence-electron chi connectivity index (χ2n) is 5.25. The summed E-state index contributed by atoms with van der Waals surface area (Å²) in [6.45, 7) is 0. The summed E-state index contributed by atoms with van der Waals surface area (Å²) in [5, 5.41) is 0. The van der Waals surface area contributed by atoms with Crippen LogP contribution in [0.15, 0.2) is 77.7 Å². The van der Waals surface area contributed by atoms with Gasteiger partial charge >= 0.3 is 10.1 Å². The van der Waals surface area contributed by atoms with Crippen LogP contribution in [0.1, 0.15) is 0 Å². The third-order valence-corrected chi connectivity index (χ3v) is 4.58. The van der Waals surface area contributed by atoms with Crippen molar-refractivity contribution in [1.82, 2.24) is 0 Å². The van der Waals surface area contributed by atoms with Crippen LogP contribution < -0.4 is 20.4 Å². The molecule has 6 nitrogen and oxygen atoms in total. The number of anilines is 2. The summed E-state index contributed by atoms with van der Waals surface area (Å²) in [7, 11) is -3.93. The van der Waals surface area contributed by atoms with Gasteiger partial charge in [-0.2, -0.15) is 8.42 Å². The zero-order valence-electron chi connectivity index (χ0n) is 13.1. The highest BCUT2D eigenvalue weighted by Crippen LogP contribution is 2.25. The molecule has 0 aromatic heterocycles. The molecule has 0 heterocycles. The lowest BCUT2D eigenvalue weighted by atomic mass is 10.3. The molecule has 0 unspecified atom stereocenters. The predicted molar refractivity (Wildman–Crippen MR) is 96.0 cm³/mol. The lowest BCUT2D eigenvalue weighted by molar-refractivity contribution is 0.479. The maximum Gasteiger partial charge on any atom is 0.339 e. The number of ether oxygens (including phenoxy) is 1. The molecular weight excluding hydrogens is 340 g/mol. The Labute approximate surface area is 145 Å². The van der Waals surface area contributed by atoms with E-state index in [0.717, 1.165) is 0 Å². The second kappa shape index (κ2) is 6.74. The molecule has 0 aliphatic rings. The number of rotatable bonds is 5. The zero-order chi connectivity index (χ0) is 17.9. The quantitative estimate of drug-likeness (QED) is 0.536. The monoisotopic (exact) mass is 356 g/mol. The number of benzene rings is 3. The minimum Gasteiger partial charge on any atom is -0.457 e. The molecule has 0 atom stereocenters. The molecule has 0 saturated carbocycles. The van der Waals surface area contributed by atoms with Crippen LogP contribution in [0.2, 0.25) is 0 Å². The second-order valence-corrected chi connectivity index (χ2v) is 6.80. The van der Waals surface area contributed by atoms with Crippen molar-refractivity contribution in [3.63, 3.8) is 0 Å². The lowest BCUT2D eigenvalue weighted by Crippen LogP contribution is -2.09. The Bertz CT molecular complexity index is 951. The fourth-order valence-corrected chi connectivity index (χ4v) is 2.97. The molecule has 3 aromatic carbocycles. The van der Waals surface area contributed by atoms with Gasteiger partial charge in [-0.3, -0.25) is 0 Å². The van der Waals surface area contributed by atoms with Crippen LogP contribution >= 0.6 is 0 Å². The van der Waals surface area contributed by atoms with Gasteiger partial charge in [-0.25, -0.2) is 0 Å². The largest absolute Gasteiger partial charge is 0.457 e. The van der Waals surface area contributed by atoms with E-state index >= 15 is 0 Å². The molecule has 0 aliphatic heterocycles. The fraction of sp³-hybridized carbons (Fsp3) is 0. The summed E-state index contributed by atoms with van der Waals surface area (Å²) in [5.41, 5.74) is 12.3. The Kier molecular flexibility index (Phi) is 4.49. The Morgan fingerprint density at radius 2 is 1.00 bits per heavy atom. The first-order valence-electron chi connectivity index (χ1n) is 7.36. The van der Waals surface area contributed by atoms with E-state index in [9.17, 15) is 8.42 Å². The van der Waals surface area contributed by atoms with E-state index in [1.807, 2.05) is 0 Å². The summed E-state index contributed by atoms with van der Waals surface area (Å²) in [4.78, 5) is 0.0222. The van der Waals surface area contributed by atoms with Crippen LogP contribution in [-0.2, 0) is 10.1 Å². The van der Waals surface area contributed by atoms with Crippen molar-refractivity contribution >= 4 is 21.5 Å². The minimum absolute atomic E-state index is 0.0222. The average molecular weight is 356 g/mol. The van der Waals surface area contributed by atoms with Crippen molar-refractivity contribution in [3.05, 3.63) is 72.8 Å². The van der Waals surface area contributed by atoms with Crippen molar-refractivity contribution < 1.29 is 17.3 Å². The van der Waals surface area contributed by atoms with Gasteiger partial charge in [-0.15, -0.1) is 0 Å². The molecule has 3 aromatic rings. The Hall–Kier alpha value is -3.19. The number of hydrogen-bond acceptors (Lipinski definition) is 6. The summed E-state index contributed by atoms with van der Waals surface area (Å²) >= 11 is 0. The van der Waals surface area contributed by atoms with Crippen molar-refractivity contribution in [3.8, 4) is 17.2 Å². The molecule has 7 heteroatoms. The summed E-state index contributed by atoms with van der Waals surface area (Å²) < 4.78 is 35.3. The highest BCUT2D eigenvalue weighted by Gasteiger charge is 2.16. The Morgan fingerprint density at radius 1 is 0.600 bits per heavy atom. The van der Waals surface area contributed by atoms with Crippen molar-refractivity contribution in [2.75, 3.05) is 11.5 Å². The molecule has 25 heavy (non-hydrogen) atoms. The molecule has 128 valence electrons. The lowest BCUT2D eigenvalue weighted by Gasteiger charge is -2.09. The molecule has 0 radical (unpaired) electrons. The van der Waals surface area contributed by atoms with Gasteiger partial charge in [0.1, 0.15) is 22.1 Å². The molecular formula is C18H16N2O4S. The van der Waals surface area contributed by atoms with Gasteiger partial charge in [-0.05, 0) is 72.8 Å². The highest BCUT2D eigenvalue weighted by molar-refractivity contribution is 7.87. The van der Waals surface area contributed by atoms with E-state index in [1.165, 1.54) is 24.3 Å². The van der Waals surface area contributed by atoms with Gasteiger partial charge in [0.05, 0.1) is 0 Å². The van der Waals surface area contributed by atoms with Crippen LogP contribution in [-0.4, -0.2) is 8.42 Å². The average Bonchev–Trinajstić information content (AvgIpc) is 2.59. The van der Waals surface area contributed by atoms with E-state index < -0.39 is 10.1 Å². The minimum atomic E-state index is -3.93. The molecule has 0 fully saturated rings. The third kappa shape index (κ3) is 4.21. The normalized spacial score (nSPS) is 11.0. The molecule has 3 rings (SSSR count). The Balaban J connectivity index is 1.74. The first-order chi connectivity index (χ1) is 11.9. The maximum atomic E-state index is 12.3. The third-order valence-electron chi connectivity index (χ3n) is 3.31.